The molecule has 0 radical (unpaired) electrons. The molecule has 0 spiro atoms. The fraction of sp³-hybridized carbons (Fsp3) is 0.562. The largest absolute Gasteiger partial charge is 0.395 e. The minimum absolute atomic E-state index is 0.0626. The van der Waals surface area contributed by atoms with Gasteiger partial charge < -0.3 is 5.11 Å². The maximum absolute atomic E-state index is 13.5. The monoisotopic (exact) mass is 317 g/mol. The van der Waals surface area contributed by atoms with Crippen LogP contribution in [0, 0.1) is 5.82 Å². The molecule has 2 aliphatic rings. The average molecular weight is 317 g/mol. The lowest BCUT2D eigenvalue weighted by Crippen LogP contribution is -2.34. The third kappa shape index (κ3) is 2.86. The minimum atomic E-state index is -0.235. The Morgan fingerprint density at radius 3 is 2.83 bits per heavy atom. The van der Waals surface area contributed by atoms with E-state index in [4.69, 9.17) is 0 Å². The Morgan fingerprint density at radius 1 is 1.22 bits per heavy atom. The molecule has 2 heterocycles. The van der Waals surface area contributed by atoms with Gasteiger partial charge >= 0.3 is 0 Å². The quantitative estimate of drug-likeness (QED) is 0.911. The number of aliphatic hydroxyl groups excluding tert-OH is 1. The summed E-state index contributed by atoms with van der Waals surface area (Å²) in [4.78, 5) is 2.21. The number of tetrazole rings is 1. The second-order valence-electron chi connectivity index (χ2n) is 6.44. The standard InChI is InChI=1S/C16H20FN5O/c17-12-3-1-2-11(8-12)9-21-14(10-23)6-7-15(21)16-18-19-20-22(16)13-4-5-13/h1-3,8,13-15,23H,4-7,9-10H2/t14-,15-/m0/s1. The zero-order valence-corrected chi connectivity index (χ0v) is 12.8. The third-order valence-electron chi connectivity index (χ3n) is 4.82. The van der Waals surface area contributed by atoms with E-state index in [-0.39, 0.29) is 24.5 Å². The molecule has 6 nitrogen and oxygen atoms in total. The number of hydrogen-bond donors (Lipinski definition) is 1. The fourth-order valence-corrected chi connectivity index (χ4v) is 3.49. The number of aliphatic hydroxyl groups is 1. The van der Waals surface area contributed by atoms with Crippen LogP contribution in [0.15, 0.2) is 24.3 Å². The molecule has 1 aromatic heterocycles. The molecule has 1 aromatic carbocycles. The lowest BCUT2D eigenvalue weighted by atomic mass is 10.1. The van der Waals surface area contributed by atoms with Gasteiger partial charge in [-0.3, -0.25) is 4.90 Å². The van der Waals surface area contributed by atoms with Crippen molar-refractivity contribution >= 4 is 0 Å². The van der Waals surface area contributed by atoms with E-state index in [2.05, 4.69) is 20.4 Å². The predicted octanol–water partition coefficient (Wildman–Crippen LogP) is 1.85. The summed E-state index contributed by atoms with van der Waals surface area (Å²) in [6.07, 6.45) is 4.05. The number of likely N-dealkylation sites (tertiary alicyclic amines) is 1. The van der Waals surface area contributed by atoms with E-state index in [1.54, 1.807) is 12.1 Å². The lowest BCUT2D eigenvalue weighted by molar-refractivity contribution is 0.117. The van der Waals surface area contributed by atoms with Crippen molar-refractivity contribution in [3.05, 3.63) is 41.5 Å². The molecular formula is C16H20FN5O. The summed E-state index contributed by atoms with van der Waals surface area (Å²) in [5.41, 5.74) is 0.904. The molecule has 1 aliphatic heterocycles. The zero-order chi connectivity index (χ0) is 15.8. The van der Waals surface area contributed by atoms with Crippen LogP contribution in [0.3, 0.4) is 0 Å². The molecule has 7 heteroatoms. The van der Waals surface area contributed by atoms with Gasteiger partial charge in [0.05, 0.1) is 18.7 Å². The van der Waals surface area contributed by atoms with Crippen molar-refractivity contribution in [3.8, 4) is 0 Å². The molecule has 122 valence electrons. The van der Waals surface area contributed by atoms with Crippen molar-refractivity contribution in [3.63, 3.8) is 0 Å². The first-order valence-corrected chi connectivity index (χ1v) is 8.15. The van der Waals surface area contributed by atoms with Gasteiger partial charge in [0.25, 0.3) is 0 Å². The van der Waals surface area contributed by atoms with Gasteiger partial charge in [0.2, 0.25) is 0 Å². The van der Waals surface area contributed by atoms with Crippen LogP contribution in [0.25, 0.3) is 0 Å². The first-order chi connectivity index (χ1) is 11.3. The summed E-state index contributed by atoms with van der Waals surface area (Å²) in [5.74, 6) is 0.640. The van der Waals surface area contributed by atoms with Crippen LogP contribution in [-0.4, -0.2) is 42.9 Å². The Balaban J connectivity index is 1.61. The smallest absolute Gasteiger partial charge is 0.168 e. The number of aromatic nitrogens is 4. The van der Waals surface area contributed by atoms with Gasteiger partial charge in [0.15, 0.2) is 5.82 Å². The second-order valence-corrected chi connectivity index (χ2v) is 6.44. The van der Waals surface area contributed by atoms with Crippen molar-refractivity contribution in [1.29, 1.82) is 0 Å². The van der Waals surface area contributed by atoms with Crippen molar-refractivity contribution < 1.29 is 9.50 Å². The number of nitrogens with zero attached hydrogens (tertiary/aromatic N) is 5. The van der Waals surface area contributed by atoms with Crippen molar-refractivity contribution in [2.75, 3.05) is 6.61 Å². The highest BCUT2D eigenvalue weighted by Gasteiger charge is 2.39. The molecule has 1 aliphatic carbocycles. The van der Waals surface area contributed by atoms with Gasteiger partial charge in [-0.15, -0.1) is 5.10 Å². The van der Waals surface area contributed by atoms with Gasteiger partial charge in [-0.25, -0.2) is 9.07 Å². The summed E-state index contributed by atoms with van der Waals surface area (Å²) in [7, 11) is 0. The number of halogens is 1. The van der Waals surface area contributed by atoms with E-state index in [0.717, 1.165) is 37.1 Å². The molecule has 2 atom stereocenters. The highest BCUT2D eigenvalue weighted by atomic mass is 19.1. The molecule has 23 heavy (non-hydrogen) atoms. The van der Waals surface area contributed by atoms with Crippen molar-refractivity contribution in [2.45, 2.75) is 50.4 Å². The lowest BCUT2D eigenvalue weighted by Gasteiger charge is -2.28. The van der Waals surface area contributed by atoms with E-state index in [1.807, 2.05) is 10.7 Å². The van der Waals surface area contributed by atoms with Crippen LogP contribution in [0.5, 0.6) is 0 Å². The van der Waals surface area contributed by atoms with Gasteiger partial charge in [-0.2, -0.15) is 0 Å². The maximum atomic E-state index is 13.5. The molecule has 2 fully saturated rings. The Morgan fingerprint density at radius 2 is 2.09 bits per heavy atom. The van der Waals surface area contributed by atoms with Crippen molar-refractivity contribution in [2.24, 2.45) is 0 Å². The molecule has 0 bridgehead atoms. The molecule has 1 saturated carbocycles. The highest BCUT2D eigenvalue weighted by Crippen LogP contribution is 2.40. The average Bonchev–Trinajstić information content (AvgIpc) is 3.14. The van der Waals surface area contributed by atoms with E-state index < -0.39 is 0 Å². The van der Waals surface area contributed by atoms with E-state index in [1.165, 1.54) is 6.07 Å². The minimum Gasteiger partial charge on any atom is -0.395 e. The summed E-state index contributed by atoms with van der Waals surface area (Å²) < 4.78 is 15.4. The summed E-state index contributed by atoms with van der Waals surface area (Å²) in [6.45, 7) is 0.683. The third-order valence-corrected chi connectivity index (χ3v) is 4.82. The maximum Gasteiger partial charge on any atom is 0.168 e. The van der Waals surface area contributed by atoms with E-state index >= 15 is 0 Å². The van der Waals surface area contributed by atoms with Crippen LogP contribution in [0.1, 0.15) is 49.2 Å². The van der Waals surface area contributed by atoms with Gasteiger partial charge in [-0.05, 0) is 53.8 Å². The Kier molecular flexibility index (Phi) is 3.82. The highest BCUT2D eigenvalue weighted by molar-refractivity contribution is 5.17. The van der Waals surface area contributed by atoms with Crippen molar-refractivity contribution in [1.82, 2.24) is 25.1 Å². The Labute approximate surface area is 133 Å². The van der Waals surface area contributed by atoms with Crippen LogP contribution in [-0.2, 0) is 6.54 Å². The van der Waals surface area contributed by atoms with Gasteiger partial charge in [-0.1, -0.05) is 12.1 Å². The molecule has 4 rings (SSSR count). The Bertz CT molecular complexity index is 687. The van der Waals surface area contributed by atoms with E-state index in [9.17, 15) is 9.50 Å². The number of hydrogen-bond acceptors (Lipinski definition) is 5. The van der Waals surface area contributed by atoms with Crippen LogP contribution in [0.4, 0.5) is 4.39 Å². The zero-order valence-electron chi connectivity index (χ0n) is 12.8. The predicted molar refractivity (Wildman–Crippen MR) is 80.9 cm³/mol. The first kappa shape index (κ1) is 14.7. The molecule has 0 amide bonds. The van der Waals surface area contributed by atoms with Gasteiger partial charge in [0.1, 0.15) is 5.82 Å². The Hall–Kier alpha value is -1.86. The molecule has 1 saturated heterocycles. The first-order valence-electron chi connectivity index (χ1n) is 8.15. The summed E-state index contributed by atoms with van der Waals surface area (Å²) in [5, 5.41) is 21.9. The molecule has 2 aromatic rings. The molecule has 1 N–H and O–H groups in total. The van der Waals surface area contributed by atoms with Gasteiger partial charge in [0, 0.05) is 12.6 Å². The molecule has 0 unspecified atom stereocenters. The van der Waals surface area contributed by atoms with Crippen LogP contribution in [0.2, 0.25) is 0 Å². The van der Waals surface area contributed by atoms with E-state index in [0.29, 0.717) is 12.6 Å². The summed E-state index contributed by atoms with van der Waals surface area (Å²) in [6, 6.07) is 7.19. The second kappa shape index (κ2) is 5.98. The fourth-order valence-electron chi connectivity index (χ4n) is 3.49. The van der Waals surface area contributed by atoms with Crippen LogP contribution < -0.4 is 0 Å². The normalized spacial score (nSPS) is 25.1. The van der Waals surface area contributed by atoms with Crippen LogP contribution >= 0.6 is 0 Å². The number of benzene rings is 1. The number of rotatable bonds is 5. The SMILES string of the molecule is OC[C@@H]1CC[C@@H](c2nnnn2C2CC2)N1Cc1cccc(F)c1. The topological polar surface area (TPSA) is 67.1 Å². The summed E-state index contributed by atoms with van der Waals surface area (Å²) >= 11 is 0. The molecular weight excluding hydrogens is 297 g/mol.